The second-order valence-electron chi connectivity index (χ2n) is 9.49. The molecule has 1 saturated heterocycles. The summed E-state index contributed by atoms with van der Waals surface area (Å²) >= 11 is 0. The second kappa shape index (κ2) is 11.1. The Morgan fingerprint density at radius 2 is 1.67 bits per heavy atom. The molecule has 0 aliphatic carbocycles. The van der Waals surface area contributed by atoms with Crippen molar-refractivity contribution in [3.63, 3.8) is 0 Å². The molecule has 1 aliphatic rings. The predicted octanol–water partition coefficient (Wildman–Crippen LogP) is 6.17. The van der Waals surface area contributed by atoms with Gasteiger partial charge in [0, 0.05) is 30.4 Å². The van der Waals surface area contributed by atoms with Gasteiger partial charge in [-0.2, -0.15) is 0 Å². The van der Waals surface area contributed by atoms with E-state index < -0.39 is 0 Å². The third-order valence-electron chi connectivity index (χ3n) is 6.96. The van der Waals surface area contributed by atoms with E-state index in [0.29, 0.717) is 16.8 Å². The van der Waals surface area contributed by atoms with Crippen molar-refractivity contribution < 1.29 is 4.79 Å². The highest BCUT2D eigenvalue weighted by Gasteiger charge is 2.16. The lowest BCUT2D eigenvalue weighted by Gasteiger charge is -2.27. The third kappa shape index (κ3) is 5.38. The summed E-state index contributed by atoms with van der Waals surface area (Å²) < 4.78 is 1.63. The van der Waals surface area contributed by atoms with Gasteiger partial charge in [0.25, 0.3) is 11.5 Å². The van der Waals surface area contributed by atoms with Crippen LogP contribution < -0.4 is 10.9 Å². The summed E-state index contributed by atoms with van der Waals surface area (Å²) in [7, 11) is 1.76. The van der Waals surface area contributed by atoms with Gasteiger partial charge in [0.2, 0.25) is 0 Å². The number of aryl methyl sites for hydroxylation is 2. The van der Waals surface area contributed by atoms with Crippen LogP contribution in [0.25, 0.3) is 22.0 Å². The molecule has 1 aliphatic heterocycles. The predicted molar refractivity (Wildman–Crippen MR) is 150 cm³/mol. The standard InChI is InChI=1S/C30H31N3O2.ClH/c1-21-17-23-11-13-26(19-28(23)32(2)30(21)35)31-29(34)24-12-14-27(22-9-5-3-6-10-22)25(18-24)20-33-15-7-4-8-16-33;/h3,5-6,9-14,17-19H,4,7-8,15-16,20H2,1-2H3,(H,31,34);1H. The minimum Gasteiger partial charge on any atom is -0.322 e. The lowest BCUT2D eigenvalue weighted by molar-refractivity contribution is 0.102. The summed E-state index contributed by atoms with van der Waals surface area (Å²) in [5.74, 6) is -0.152. The van der Waals surface area contributed by atoms with E-state index in [2.05, 4.69) is 40.5 Å². The van der Waals surface area contributed by atoms with Gasteiger partial charge in [0.05, 0.1) is 5.52 Å². The normalized spacial score (nSPS) is 13.8. The number of halogens is 1. The van der Waals surface area contributed by atoms with E-state index in [4.69, 9.17) is 0 Å². The fraction of sp³-hybridized carbons (Fsp3) is 0.267. The molecule has 5 nitrogen and oxygen atoms in total. The van der Waals surface area contributed by atoms with Crippen LogP contribution in [-0.4, -0.2) is 28.5 Å². The molecule has 3 aromatic carbocycles. The summed E-state index contributed by atoms with van der Waals surface area (Å²) in [6.07, 6.45) is 3.75. The number of nitrogens with one attached hydrogen (secondary N) is 1. The molecule has 0 unspecified atom stereocenters. The molecule has 186 valence electrons. The molecule has 1 fully saturated rings. The fourth-order valence-electron chi connectivity index (χ4n) is 5.03. The Kier molecular flexibility index (Phi) is 7.92. The van der Waals surface area contributed by atoms with E-state index in [1.807, 2.05) is 49.4 Å². The van der Waals surface area contributed by atoms with Gasteiger partial charge in [-0.25, -0.2) is 0 Å². The second-order valence-corrected chi connectivity index (χ2v) is 9.49. The quantitative estimate of drug-likeness (QED) is 0.355. The molecular formula is C30H32ClN3O2. The SMILES string of the molecule is Cc1cc2ccc(NC(=O)c3ccc(-c4ccccc4)c(CN4CCCCC4)c3)cc2n(C)c1=O.Cl. The van der Waals surface area contributed by atoms with Crippen LogP contribution in [-0.2, 0) is 13.6 Å². The minimum atomic E-state index is -0.152. The molecule has 36 heavy (non-hydrogen) atoms. The number of likely N-dealkylation sites (tertiary alicyclic amines) is 1. The number of hydrogen-bond acceptors (Lipinski definition) is 3. The average molecular weight is 502 g/mol. The van der Waals surface area contributed by atoms with Crippen molar-refractivity contribution >= 4 is 34.9 Å². The summed E-state index contributed by atoms with van der Waals surface area (Å²) in [6, 6.07) is 23.9. The summed E-state index contributed by atoms with van der Waals surface area (Å²) in [5, 5.41) is 4.00. The first-order valence-electron chi connectivity index (χ1n) is 12.3. The van der Waals surface area contributed by atoms with Crippen LogP contribution in [0.4, 0.5) is 5.69 Å². The van der Waals surface area contributed by atoms with Gasteiger partial charge < -0.3 is 9.88 Å². The largest absolute Gasteiger partial charge is 0.322 e. The Hall–Kier alpha value is -3.41. The molecule has 0 bridgehead atoms. The number of anilines is 1. The van der Waals surface area contributed by atoms with Crippen molar-refractivity contribution in [2.75, 3.05) is 18.4 Å². The number of carbonyl (C=O) groups is 1. The zero-order chi connectivity index (χ0) is 24.4. The summed E-state index contributed by atoms with van der Waals surface area (Å²) in [4.78, 5) is 28.1. The fourth-order valence-corrected chi connectivity index (χ4v) is 5.03. The summed E-state index contributed by atoms with van der Waals surface area (Å²) in [6.45, 7) is 4.85. The topological polar surface area (TPSA) is 54.3 Å². The molecule has 2 heterocycles. The number of fused-ring (bicyclic) bond motifs is 1. The van der Waals surface area contributed by atoms with E-state index in [1.165, 1.54) is 30.4 Å². The number of hydrogen-bond donors (Lipinski definition) is 1. The molecular weight excluding hydrogens is 470 g/mol. The Balaban J connectivity index is 0.00000304. The Bertz CT molecular complexity index is 1440. The van der Waals surface area contributed by atoms with Gasteiger partial charge in [0.1, 0.15) is 0 Å². The van der Waals surface area contributed by atoms with Crippen molar-refractivity contribution in [2.24, 2.45) is 7.05 Å². The van der Waals surface area contributed by atoms with Crippen LogP contribution in [0.3, 0.4) is 0 Å². The van der Waals surface area contributed by atoms with Gasteiger partial charge in [-0.05, 0) is 85.3 Å². The van der Waals surface area contributed by atoms with Crippen LogP contribution in [0.5, 0.6) is 0 Å². The van der Waals surface area contributed by atoms with Gasteiger partial charge in [0.15, 0.2) is 0 Å². The molecule has 0 spiro atoms. The van der Waals surface area contributed by atoms with Gasteiger partial charge in [-0.15, -0.1) is 12.4 Å². The van der Waals surface area contributed by atoms with Gasteiger partial charge >= 0.3 is 0 Å². The zero-order valence-electron chi connectivity index (χ0n) is 20.8. The number of amides is 1. The molecule has 6 heteroatoms. The van der Waals surface area contributed by atoms with E-state index in [9.17, 15) is 9.59 Å². The van der Waals surface area contributed by atoms with Crippen molar-refractivity contribution in [1.29, 1.82) is 0 Å². The lowest BCUT2D eigenvalue weighted by Crippen LogP contribution is -2.29. The summed E-state index contributed by atoms with van der Waals surface area (Å²) in [5.41, 5.74) is 6.28. The minimum absolute atomic E-state index is 0. The molecule has 1 aromatic heterocycles. The molecule has 1 N–H and O–H groups in total. The first-order chi connectivity index (χ1) is 17.0. The van der Waals surface area contributed by atoms with Crippen LogP contribution >= 0.6 is 12.4 Å². The highest BCUT2D eigenvalue weighted by atomic mass is 35.5. The van der Waals surface area contributed by atoms with Crippen molar-refractivity contribution in [1.82, 2.24) is 9.47 Å². The maximum atomic E-state index is 13.3. The Morgan fingerprint density at radius 3 is 2.42 bits per heavy atom. The average Bonchev–Trinajstić information content (AvgIpc) is 2.89. The van der Waals surface area contributed by atoms with E-state index in [-0.39, 0.29) is 23.9 Å². The van der Waals surface area contributed by atoms with Crippen LogP contribution in [0, 0.1) is 6.92 Å². The number of pyridine rings is 1. The zero-order valence-corrected chi connectivity index (χ0v) is 21.6. The Labute approximate surface area is 218 Å². The van der Waals surface area contributed by atoms with Crippen molar-refractivity contribution in [3.05, 3.63) is 99.8 Å². The molecule has 0 saturated carbocycles. The highest BCUT2D eigenvalue weighted by Crippen LogP contribution is 2.28. The third-order valence-corrected chi connectivity index (χ3v) is 6.96. The maximum absolute atomic E-state index is 13.3. The van der Waals surface area contributed by atoms with Crippen LogP contribution in [0.1, 0.15) is 40.7 Å². The molecule has 1 amide bonds. The van der Waals surface area contributed by atoms with Crippen LogP contribution in [0.2, 0.25) is 0 Å². The number of piperidine rings is 1. The van der Waals surface area contributed by atoms with E-state index in [1.54, 1.807) is 11.6 Å². The van der Waals surface area contributed by atoms with Crippen LogP contribution in [0.15, 0.2) is 77.6 Å². The van der Waals surface area contributed by atoms with E-state index >= 15 is 0 Å². The first-order valence-corrected chi connectivity index (χ1v) is 12.3. The Morgan fingerprint density at radius 1 is 0.917 bits per heavy atom. The molecule has 0 atom stereocenters. The van der Waals surface area contributed by atoms with Crippen molar-refractivity contribution in [3.8, 4) is 11.1 Å². The van der Waals surface area contributed by atoms with Crippen molar-refractivity contribution in [2.45, 2.75) is 32.7 Å². The number of carbonyl (C=O) groups excluding carboxylic acids is 1. The number of rotatable bonds is 5. The number of nitrogens with zero attached hydrogens (tertiary/aromatic N) is 2. The molecule has 4 aromatic rings. The smallest absolute Gasteiger partial charge is 0.255 e. The lowest BCUT2D eigenvalue weighted by atomic mass is 9.96. The van der Waals surface area contributed by atoms with Gasteiger partial charge in [-0.1, -0.05) is 48.9 Å². The molecule has 5 rings (SSSR count). The monoisotopic (exact) mass is 501 g/mol. The number of aromatic nitrogens is 1. The van der Waals surface area contributed by atoms with E-state index in [0.717, 1.165) is 36.1 Å². The van der Waals surface area contributed by atoms with Gasteiger partial charge in [-0.3, -0.25) is 14.5 Å². The highest BCUT2D eigenvalue weighted by molar-refractivity contribution is 6.05. The molecule has 0 radical (unpaired) electrons. The number of benzene rings is 3. The maximum Gasteiger partial charge on any atom is 0.255 e. The first kappa shape index (κ1) is 25.7.